The normalized spacial score (nSPS) is 57.7. The van der Waals surface area contributed by atoms with Gasteiger partial charge in [0.05, 0.1) is 6.10 Å². The monoisotopic (exact) mass is 342 g/mol. The quantitative estimate of drug-likeness (QED) is 0.512. The van der Waals surface area contributed by atoms with Crippen molar-refractivity contribution in [1.29, 1.82) is 0 Å². The van der Waals surface area contributed by atoms with E-state index in [1.807, 2.05) is 0 Å². The van der Waals surface area contributed by atoms with Crippen molar-refractivity contribution in [2.45, 2.75) is 77.9 Å². The number of aliphatic hydroxyl groups is 2. The van der Waals surface area contributed by atoms with Gasteiger partial charge in [-0.05, 0) is 73.5 Å². The number of terminal acetylenes is 1. The van der Waals surface area contributed by atoms with Crippen LogP contribution in [0.3, 0.4) is 0 Å². The van der Waals surface area contributed by atoms with Crippen molar-refractivity contribution in [2.24, 2.45) is 40.4 Å². The first kappa shape index (κ1) is 17.6. The third-order valence-corrected chi connectivity index (χ3v) is 9.43. The third-order valence-electron chi connectivity index (χ3n) is 9.43. The summed E-state index contributed by atoms with van der Waals surface area (Å²) in [5, 5.41) is 21.6. The molecule has 0 aromatic rings. The Morgan fingerprint density at radius 2 is 1.92 bits per heavy atom. The summed E-state index contributed by atoms with van der Waals surface area (Å²) in [5.74, 6) is 5.21. The standard InChI is InChI=1S/C23H34O2/c1-6-23(25)15(3)14(2)20-18-8-7-16-13-17(24)9-11-21(16,4)19(18)10-12-22(20,23)5/h1,7,14-15,17-20,24-25H,8-13H2,2-5H3/t14-,15-,17-,18?,19?,20?,21+,22+,23+/m1/s1. The van der Waals surface area contributed by atoms with Crippen LogP contribution in [0, 0.1) is 52.8 Å². The van der Waals surface area contributed by atoms with Crippen molar-refractivity contribution < 1.29 is 10.2 Å². The van der Waals surface area contributed by atoms with Crippen molar-refractivity contribution in [3.63, 3.8) is 0 Å². The molecular weight excluding hydrogens is 308 g/mol. The molecule has 0 aromatic carbocycles. The van der Waals surface area contributed by atoms with E-state index in [0.717, 1.165) is 38.5 Å². The second kappa shape index (κ2) is 5.37. The Morgan fingerprint density at radius 3 is 2.60 bits per heavy atom. The summed E-state index contributed by atoms with van der Waals surface area (Å²) in [6.07, 6.45) is 14.4. The Bertz CT molecular complexity index is 645. The molecule has 0 radical (unpaired) electrons. The number of aliphatic hydroxyl groups excluding tert-OH is 1. The number of rotatable bonds is 0. The van der Waals surface area contributed by atoms with E-state index in [1.54, 1.807) is 0 Å². The molecule has 3 unspecified atom stereocenters. The Labute approximate surface area is 153 Å². The van der Waals surface area contributed by atoms with E-state index >= 15 is 0 Å². The van der Waals surface area contributed by atoms with Crippen LogP contribution in [0.1, 0.15) is 66.2 Å². The van der Waals surface area contributed by atoms with Gasteiger partial charge in [-0.25, -0.2) is 0 Å². The van der Waals surface area contributed by atoms with E-state index in [0.29, 0.717) is 23.7 Å². The predicted octanol–water partition coefficient (Wildman–Crippen LogP) is 4.17. The molecular formula is C23H34O2. The van der Waals surface area contributed by atoms with Gasteiger partial charge in [0.15, 0.2) is 0 Å². The summed E-state index contributed by atoms with van der Waals surface area (Å²) in [4.78, 5) is 0. The summed E-state index contributed by atoms with van der Waals surface area (Å²) in [7, 11) is 0. The molecule has 0 spiro atoms. The van der Waals surface area contributed by atoms with Crippen molar-refractivity contribution in [2.75, 3.05) is 0 Å². The summed E-state index contributed by atoms with van der Waals surface area (Å²) in [6.45, 7) is 9.18. The summed E-state index contributed by atoms with van der Waals surface area (Å²) < 4.78 is 0. The minimum absolute atomic E-state index is 0.151. The van der Waals surface area contributed by atoms with Gasteiger partial charge in [-0.1, -0.05) is 45.3 Å². The summed E-state index contributed by atoms with van der Waals surface area (Å²) in [6, 6.07) is 0. The molecule has 25 heavy (non-hydrogen) atoms. The molecule has 4 aliphatic rings. The maximum Gasteiger partial charge on any atom is 0.133 e. The molecule has 4 rings (SSSR count). The zero-order valence-corrected chi connectivity index (χ0v) is 16.3. The average Bonchev–Trinajstić information content (AvgIpc) is 2.74. The van der Waals surface area contributed by atoms with Crippen LogP contribution < -0.4 is 0 Å². The van der Waals surface area contributed by atoms with Crippen LogP contribution in [0.2, 0.25) is 0 Å². The second-order valence-corrected chi connectivity index (χ2v) is 10.1. The van der Waals surface area contributed by atoms with Gasteiger partial charge in [-0.15, -0.1) is 6.42 Å². The number of allylic oxidation sites excluding steroid dienone is 1. The lowest BCUT2D eigenvalue weighted by Crippen LogP contribution is -2.55. The molecule has 9 atom stereocenters. The van der Waals surface area contributed by atoms with Gasteiger partial charge in [-0.3, -0.25) is 0 Å². The molecule has 2 nitrogen and oxygen atoms in total. The van der Waals surface area contributed by atoms with E-state index in [9.17, 15) is 10.2 Å². The molecule has 3 fully saturated rings. The molecule has 0 amide bonds. The van der Waals surface area contributed by atoms with Crippen molar-refractivity contribution in [3.05, 3.63) is 11.6 Å². The Morgan fingerprint density at radius 1 is 1.20 bits per heavy atom. The molecule has 0 saturated heterocycles. The van der Waals surface area contributed by atoms with E-state index in [4.69, 9.17) is 6.42 Å². The maximum absolute atomic E-state index is 11.4. The SMILES string of the molecule is C#C[C@]1(O)[C@H](C)[C@@H](C)C2C3CC=C4C[C@H](O)CC[C@]4(C)C3CC[C@@]21C. The highest BCUT2D eigenvalue weighted by atomic mass is 16.3. The van der Waals surface area contributed by atoms with Crippen LogP contribution in [0.4, 0.5) is 0 Å². The highest BCUT2D eigenvalue weighted by Gasteiger charge is 2.68. The van der Waals surface area contributed by atoms with Crippen molar-refractivity contribution in [3.8, 4) is 12.3 Å². The van der Waals surface area contributed by atoms with Crippen LogP contribution >= 0.6 is 0 Å². The lowest BCUT2D eigenvalue weighted by molar-refractivity contribution is -0.106. The second-order valence-electron chi connectivity index (χ2n) is 10.1. The fourth-order valence-electron chi connectivity index (χ4n) is 7.82. The van der Waals surface area contributed by atoms with Gasteiger partial charge in [0.25, 0.3) is 0 Å². The molecule has 0 aliphatic heterocycles. The smallest absolute Gasteiger partial charge is 0.133 e. The minimum Gasteiger partial charge on any atom is -0.393 e. The Kier molecular flexibility index (Phi) is 3.78. The van der Waals surface area contributed by atoms with Gasteiger partial charge in [-0.2, -0.15) is 0 Å². The van der Waals surface area contributed by atoms with Gasteiger partial charge < -0.3 is 10.2 Å². The first-order valence-corrected chi connectivity index (χ1v) is 10.3. The van der Waals surface area contributed by atoms with Gasteiger partial charge in [0, 0.05) is 5.41 Å². The minimum atomic E-state index is -0.976. The highest BCUT2D eigenvalue weighted by molar-refractivity contribution is 5.30. The van der Waals surface area contributed by atoms with Crippen molar-refractivity contribution >= 4 is 0 Å². The van der Waals surface area contributed by atoms with Crippen LogP contribution in [-0.2, 0) is 0 Å². The molecule has 0 heterocycles. The fourth-order valence-corrected chi connectivity index (χ4v) is 7.82. The number of fused-ring (bicyclic) bond motifs is 5. The lowest BCUT2D eigenvalue weighted by atomic mass is 9.46. The van der Waals surface area contributed by atoms with E-state index in [2.05, 4.69) is 39.7 Å². The van der Waals surface area contributed by atoms with Crippen molar-refractivity contribution in [1.82, 2.24) is 0 Å². The highest BCUT2D eigenvalue weighted by Crippen LogP contribution is 2.69. The van der Waals surface area contributed by atoms with Gasteiger partial charge >= 0.3 is 0 Å². The first-order valence-electron chi connectivity index (χ1n) is 10.3. The number of hydrogen-bond acceptors (Lipinski definition) is 2. The van der Waals surface area contributed by atoms with E-state index in [1.165, 1.54) is 5.57 Å². The van der Waals surface area contributed by atoms with E-state index < -0.39 is 5.60 Å². The topological polar surface area (TPSA) is 40.5 Å². The van der Waals surface area contributed by atoms with Crippen LogP contribution in [-0.4, -0.2) is 21.9 Å². The zero-order chi connectivity index (χ0) is 18.2. The molecule has 3 saturated carbocycles. The summed E-state index contributed by atoms with van der Waals surface area (Å²) >= 11 is 0. The molecule has 138 valence electrons. The predicted molar refractivity (Wildman–Crippen MR) is 101 cm³/mol. The van der Waals surface area contributed by atoms with Gasteiger partial charge in [0.2, 0.25) is 0 Å². The Hall–Kier alpha value is -0.780. The van der Waals surface area contributed by atoms with E-state index in [-0.39, 0.29) is 22.9 Å². The summed E-state index contributed by atoms with van der Waals surface area (Å²) in [5.41, 5.74) is 0.596. The fraction of sp³-hybridized carbons (Fsp3) is 0.826. The zero-order valence-electron chi connectivity index (χ0n) is 16.3. The third kappa shape index (κ3) is 2.00. The molecule has 2 N–H and O–H groups in total. The van der Waals surface area contributed by atoms with Crippen LogP contribution in [0.25, 0.3) is 0 Å². The lowest BCUT2D eigenvalue weighted by Gasteiger charge is -2.59. The molecule has 0 aromatic heterocycles. The average molecular weight is 343 g/mol. The largest absolute Gasteiger partial charge is 0.393 e. The van der Waals surface area contributed by atoms with Gasteiger partial charge in [0.1, 0.15) is 5.60 Å². The number of hydrogen-bond donors (Lipinski definition) is 2. The van der Waals surface area contributed by atoms with Crippen LogP contribution in [0.15, 0.2) is 11.6 Å². The first-order chi connectivity index (χ1) is 11.7. The maximum atomic E-state index is 11.4. The molecule has 0 bridgehead atoms. The Balaban J connectivity index is 1.76. The van der Waals surface area contributed by atoms with Crippen LogP contribution in [0.5, 0.6) is 0 Å². The molecule has 4 aliphatic carbocycles. The molecule has 2 heteroatoms.